The van der Waals surface area contributed by atoms with E-state index in [1.54, 1.807) is 24.3 Å². The second-order valence-electron chi connectivity index (χ2n) is 6.65. The van der Waals surface area contributed by atoms with E-state index in [-0.39, 0.29) is 16.1 Å². The van der Waals surface area contributed by atoms with Gasteiger partial charge in [-0.3, -0.25) is 15.0 Å². The van der Waals surface area contributed by atoms with E-state index in [1.807, 2.05) is 11.8 Å². The number of hydrogen-bond donors (Lipinski definition) is 2. The number of benzene rings is 2. The Morgan fingerprint density at radius 3 is 2.53 bits per heavy atom. The van der Waals surface area contributed by atoms with E-state index >= 15 is 0 Å². The van der Waals surface area contributed by atoms with Crippen molar-refractivity contribution in [3.63, 3.8) is 0 Å². The van der Waals surface area contributed by atoms with Crippen LogP contribution in [0.3, 0.4) is 0 Å². The number of nitrogens with zero attached hydrogens (tertiary/aromatic N) is 2. The zero-order valence-electron chi connectivity index (χ0n) is 16.3. The second kappa shape index (κ2) is 9.14. The molecule has 1 heterocycles. The molecule has 3 aromatic rings. The monoisotopic (exact) mass is 432 g/mol. The van der Waals surface area contributed by atoms with E-state index in [4.69, 9.17) is 0 Å². The van der Waals surface area contributed by atoms with Gasteiger partial charge in [-0.15, -0.1) is 4.83 Å². The minimum atomic E-state index is -4.19. The molecule has 0 radical (unpaired) electrons. The fourth-order valence-electron chi connectivity index (χ4n) is 2.93. The third-order valence-electron chi connectivity index (χ3n) is 4.46. The lowest BCUT2D eigenvalue weighted by molar-refractivity contribution is 0.0939. The van der Waals surface area contributed by atoms with Crippen molar-refractivity contribution in [2.75, 3.05) is 0 Å². The van der Waals surface area contributed by atoms with Crippen LogP contribution < -0.4 is 15.8 Å². The lowest BCUT2D eigenvalue weighted by atomic mass is 10.1. The van der Waals surface area contributed by atoms with E-state index in [0.717, 1.165) is 31.4 Å². The first-order valence-corrected chi connectivity index (χ1v) is 10.9. The summed E-state index contributed by atoms with van der Waals surface area (Å²) in [5.41, 5.74) is 1.67. The molecule has 0 atom stereocenters. The highest BCUT2D eigenvalue weighted by molar-refractivity contribution is 7.89. The number of aryl methyl sites for hydroxylation is 1. The van der Waals surface area contributed by atoms with Crippen LogP contribution in [0.25, 0.3) is 10.8 Å². The highest BCUT2D eigenvalue weighted by Gasteiger charge is 2.20. The Hall–Kier alpha value is -3.11. The Kier molecular flexibility index (Phi) is 6.58. The van der Waals surface area contributed by atoms with Gasteiger partial charge in [0.15, 0.2) is 5.69 Å². The summed E-state index contributed by atoms with van der Waals surface area (Å²) in [5, 5.41) is 4.77. The molecular formula is C20H21FN4O4S. The maximum atomic E-state index is 13.3. The number of hydrazine groups is 1. The van der Waals surface area contributed by atoms with Crippen LogP contribution in [0.2, 0.25) is 0 Å². The van der Waals surface area contributed by atoms with E-state index in [2.05, 4.69) is 10.5 Å². The molecule has 0 fully saturated rings. The van der Waals surface area contributed by atoms with Crippen LogP contribution in [-0.4, -0.2) is 24.1 Å². The minimum Gasteiger partial charge on any atom is -0.272 e. The molecule has 0 saturated heterocycles. The van der Waals surface area contributed by atoms with Gasteiger partial charge in [0.05, 0.1) is 10.3 Å². The maximum absolute atomic E-state index is 13.3. The van der Waals surface area contributed by atoms with Gasteiger partial charge < -0.3 is 0 Å². The van der Waals surface area contributed by atoms with Crippen molar-refractivity contribution in [1.82, 2.24) is 20.0 Å². The number of fused-ring (bicyclic) bond motifs is 1. The molecule has 8 nitrogen and oxygen atoms in total. The number of amides is 1. The molecule has 0 bridgehead atoms. The van der Waals surface area contributed by atoms with Crippen molar-refractivity contribution in [2.45, 2.75) is 37.6 Å². The first kappa shape index (κ1) is 21.6. The molecule has 0 unspecified atom stereocenters. The Balaban J connectivity index is 1.90. The number of nitrogens with one attached hydrogen (secondary N) is 2. The fraction of sp³-hybridized carbons (Fsp3) is 0.250. The highest BCUT2D eigenvalue weighted by atomic mass is 32.2. The van der Waals surface area contributed by atoms with Gasteiger partial charge in [0.25, 0.3) is 21.5 Å². The number of hydrogen-bond acceptors (Lipinski definition) is 5. The number of carbonyl (C=O) groups is 1. The average molecular weight is 432 g/mol. The van der Waals surface area contributed by atoms with E-state index < -0.39 is 21.7 Å². The van der Waals surface area contributed by atoms with Crippen LogP contribution in [0.4, 0.5) is 4.39 Å². The lowest BCUT2D eigenvalue weighted by Gasteiger charge is -2.12. The molecule has 158 valence electrons. The van der Waals surface area contributed by atoms with Crippen molar-refractivity contribution < 1.29 is 17.6 Å². The Labute approximate surface area is 172 Å². The van der Waals surface area contributed by atoms with Crippen LogP contribution in [0.5, 0.6) is 0 Å². The van der Waals surface area contributed by atoms with Gasteiger partial charge >= 0.3 is 0 Å². The molecule has 0 aliphatic carbocycles. The SMILES string of the molecule is CCCCCn1nc(C(=O)NNS(=O)(=O)c2cccc(F)c2)c2ccccc2c1=O. The molecular weight excluding hydrogens is 411 g/mol. The quantitative estimate of drug-likeness (QED) is 0.419. The van der Waals surface area contributed by atoms with Crippen molar-refractivity contribution in [3.05, 3.63) is 70.4 Å². The molecule has 2 N–H and O–H groups in total. The normalized spacial score (nSPS) is 11.5. The van der Waals surface area contributed by atoms with Gasteiger partial charge in [0.2, 0.25) is 0 Å². The third-order valence-corrected chi connectivity index (χ3v) is 5.71. The fourth-order valence-corrected chi connectivity index (χ4v) is 3.80. The summed E-state index contributed by atoms with van der Waals surface area (Å²) in [4.78, 5) is 26.9. The zero-order valence-corrected chi connectivity index (χ0v) is 17.1. The number of carbonyl (C=O) groups excluding carboxylic acids is 1. The molecule has 1 amide bonds. The van der Waals surface area contributed by atoms with Crippen molar-refractivity contribution in [3.8, 4) is 0 Å². The van der Waals surface area contributed by atoms with Crippen molar-refractivity contribution in [2.24, 2.45) is 0 Å². The smallest absolute Gasteiger partial charge is 0.272 e. The highest BCUT2D eigenvalue weighted by Crippen LogP contribution is 2.14. The summed E-state index contributed by atoms with van der Waals surface area (Å²) in [5.74, 6) is -1.56. The van der Waals surface area contributed by atoms with Crippen molar-refractivity contribution >= 4 is 26.7 Å². The van der Waals surface area contributed by atoms with Crippen molar-refractivity contribution in [1.29, 1.82) is 0 Å². The van der Waals surface area contributed by atoms with Gasteiger partial charge in [-0.25, -0.2) is 17.5 Å². The standard InChI is InChI=1S/C20H21FN4O4S/c1-2-3-6-12-25-20(27)17-11-5-4-10-16(17)18(23-25)19(26)22-24-30(28,29)15-9-7-8-14(21)13-15/h4-5,7-11,13,24H,2-3,6,12H2,1H3,(H,22,26). The molecule has 0 saturated carbocycles. The first-order chi connectivity index (χ1) is 14.3. The molecule has 10 heteroatoms. The van der Waals surface area contributed by atoms with Gasteiger partial charge in [0.1, 0.15) is 5.82 Å². The van der Waals surface area contributed by atoms with Crippen LogP contribution in [0.15, 0.2) is 58.2 Å². The number of aromatic nitrogens is 2. The van der Waals surface area contributed by atoms with Gasteiger partial charge in [-0.2, -0.15) is 5.10 Å². The summed E-state index contributed by atoms with van der Waals surface area (Å²) in [6, 6.07) is 10.9. The summed E-state index contributed by atoms with van der Waals surface area (Å²) < 4.78 is 39.2. The minimum absolute atomic E-state index is 0.0939. The van der Waals surface area contributed by atoms with E-state index in [0.29, 0.717) is 17.3 Å². The predicted octanol–water partition coefficient (Wildman–Crippen LogP) is 2.35. The van der Waals surface area contributed by atoms with Gasteiger partial charge in [0, 0.05) is 11.9 Å². The molecule has 0 spiro atoms. The van der Waals surface area contributed by atoms with Crippen LogP contribution >= 0.6 is 0 Å². The van der Waals surface area contributed by atoms with Crippen LogP contribution in [-0.2, 0) is 16.6 Å². The Morgan fingerprint density at radius 2 is 1.83 bits per heavy atom. The number of halogens is 1. The summed E-state index contributed by atoms with van der Waals surface area (Å²) in [6.45, 7) is 2.37. The lowest BCUT2D eigenvalue weighted by Crippen LogP contribution is -2.42. The van der Waals surface area contributed by atoms with Gasteiger partial charge in [-0.05, 0) is 30.7 Å². The van der Waals surface area contributed by atoms with Crippen LogP contribution in [0.1, 0.15) is 36.7 Å². The predicted molar refractivity (Wildman–Crippen MR) is 110 cm³/mol. The largest absolute Gasteiger partial charge is 0.287 e. The topological polar surface area (TPSA) is 110 Å². The molecule has 0 aliphatic rings. The van der Waals surface area contributed by atoms with E-state index in [9.17, 15) is 22.4 Å². The first-order valence-electron chi connectivity index (χ1n) is 9.41. The third kappa shape index (κ3) is 4.71. The number of sulfonamides is 1. The molecule has 1 aromatic heterocycles. The maximum Gasteiger partial charge on any atom is 0.287 e. The molecule has 0 aliphatic heterocycles. The van der Waals surface area contributed by atoms with Crippen LogP contribution in [0, 0.1) is 5.82 Å². The van der Waals surface area contributed by atoms with E-state index in [1.165, 1.54) is 16.8 Å². The summed E-state index contributed by atoms with van der Waals surface area (Å²) >= 11 is 0. The summed E-state index contributed by atoms with van der Waals surface area (Å²) in [6.07, 6.45) is 2.57. The second-order valence-corrected chi connectivity index (χ2v) is 8.33. The Morgan fingerprint density at radius 1 is 1.10 bits per heavy atom. The number of rotatable bonds is 8. The Bertz CT molecular complexity index is 1240. The number of unbranched alkanes of at least 4 members (excludes halogenated alkanes) is 2. The summed E-state index contributed by atoms with van der Waals surface area (Å²) in [7, 11) is -4.19. The molecule has 3 rings (SSSR count). The molecule has 2 aromatic carbocycles. The zero-order chi connectivity index (χ0) is 21.7. The molecule has 30 heavy (non-hydrogen) atoms. The van der Waals surface area contributed by atoms with Gasteiger partial charge in [-0.1, -0.05) is 44.0 Å². The average Bonchev–Trinajstić information content (AvgIpc) is 2.74.